The van der Waals surface area contributed by atoms with Crippen LogP contribution in [0.4, 0.5) is 0 Å². The van der Waals surface area contributed by atoms with Crippen molar-refractivity contribution in [1.29, 1.82) is 0 Å². The van der Waals surface area contributed by atoms with Crippen molar-refractivity contribution < 1.29 is 9.59 Å². The summed E-state index contributed by atoms with van der Waals surface area (Å²) in [6.45, 7) is 9.01. The standard InChI is InChI=1S/C24H32N2O2/c1-18(2)16-25-24(28)20(4)26(17-22-8-6-5-7-9-22)23(27)15-14-21-12-10-19(3)11-13-21/h5-13,18,20H,14-17H2,1-4H3,(H,25,28). The molecule has 150 valence electrons. The van der Waals surface area contributed by atoms with Crippen molar-refractivity contribution in [3.8, 4) is 0 Å². The third-order valence-electron chi connectivity index (χ3n) is 4.80. The first-order valence-electron chi connectivity index (χ1n) is 10.0. The van der Waals surface area contributed by atoms with Gasteiger partial charge in [0.2, 0.25) is 11.8 Å². The zero-order valence-electron chi connectivity index (χ0n) is 17.4. The highest BCUT2D eigenvalue weighted by Crippen LogP contribution is 2.13. The lowest BCUT2D eigenvalue weighted by Gasteiger charge is -2.29. The van der Waals surface area contributed by atoms with E-state index in [2.05, 4.69) is 43.4 Å². The van der Waals surface area contributed by atoms with Gasteiger partial charge in [-0.2, -0.15) is 0 Å². The Labute approximate surface area is 169 Å². The Balaban J connectivity index is 2.08. The highest BCUT2D eigenvalue weighted by molar-refractivity contribution is 5.87. The molecule has 4 nitrogen and oxygen atoms in total. The molecule has 0 saturated carbocycles. The molecule has 0 aliphatic rings. The lowest BCUT2D eigenvalue weighted by Crippen LogP contribution is -2.48. The topological polar surface area (TPSA) is 49.4 Å². The summed E-state index contributed by atoms with van der Waals surface area (Å²) in [4.78, 5) is 27.3. The third kappa shape index (κ3) is 6.84. The summed E-state index contributed by atoms with van der Waals surface area (Å²) < 4.78 is 0. The van der Waals surface area contributed by atoms with Crippen LogP contribution in [0.3, 0.4) is 0 Å². The Hall–Kier alpha value is -2.62. The molecule has 0 fully saturated rings. The molecule has 0 aliphatic heterocycles. The number of benzene rings is 2. The highest BCUT2D eigenvalue weighted by Gasteiger charge is 2.25. The second-order valence-corrected chi connectivity index (χ2v) is 7.81. The van der Waals surface area contributed by atoms with Gasteiger partial charge in [-0.05, 0) is 37.3 Å². The third-order valence-corrected chi connectivity index (χ3v) is 4.80. The van der Waals surface area contributed by atoms with Crippen LogP contribution in [0.2, 0.25) is 0 Å². The van der Waals surface area contributed by atoms with E-state index in [-0.39, 0.29) is 11.8 Å². The molecule has 0 heterocycles. The van der Waals surface area contributed by atoms with E-state index < -0.39 is 6.04 Å². The minimum atomic E-state index is -0.510. The van der Waals surface area contributed by atoms with Gasteiger partial charge in [-0.3, -0.25) is 9.59 Å². The van der Waals surface area contributed by atoms with E-state index in [1.165, 1.54) is 5.56 Å². The van der Waals surface area contributed by atoms with Gasteiger partial charge in [0, 0.05) is 19.5 Å². The molecule has 0 aliphatic carbocycles. The Bertz CT molecular complexity index is 754. The summed E-state index contributed by atoms with van der Waals surface area (Å²) in [5, 5.41) is 2.95. The first kappa shape index (κ1) is 21.7. The van der Waals surface area contributed by atoms with Gasteiger partial charge in [0.1, 0.15) is 6.04 Å². The molecule has 0 radical (unpaired) electrons. The summed E-state index contributed by atoms with van der Waals surface area (Å²) in [6, 6.07) is 17.6. The summed E-state index contributed by atoms with van der Waals surface area (Å²) in [6.07, 6.45) is 1.06. The monoisotopic (exact) mass is 380 g/mol. The lowest BCUT2D eigenvalue weighted by molar-refractivity contribution is -0.140. The van der Waals surface area contributed by atoms with E-state index >= 15 is 0 Å². The minimum absolute atomic E-state index is 0.00313. The van der Waals surface area contributed by atoms with Crippen LogP contribution in [0.25, 0.3) is 0 Å². The molecule has 2 amide bonds. The van der Waals surface area contributed by atoms with Crippen LogP contribution in [-0.4, -0.2) is 29.3 Å². The summed E-state index contributed by atoms with van der Waals surface area (Å²) in [5.41, 5.74) is 3.36. The lowest BCUT2D eigenvalue weighted by atomic mass is 10.1. The van der Waals surface area contributed by atoms with E-state index in [1.807, 2.05) is 44.2 Å². The molecule has 2 aromatic rings. The second-order valence-electron chi connectivity index (χ2n) is 7.81. The van der Waals surface area contributed by atoms with E-state index in [0.717, 1.165) is 11.1 Å². The molecular formula is C24H32N2O2. The van der Waals surface area contributed by atoms with Crippen LogP contribution in [0.1, 0.15) is 43.9 Å². The molecule has 0 aromatic heterocycles. The first-order valence-corrected chi connectivity index (χ1v) is 10.0. The fourth-order valence-corrected chi connectivity index (χ4v) is 2.96. The van der Waals surface area contributed by atoms with Gasteiger partial charge in [0.05, 0.1) is 0 Å². The molecule has 2 rings (SSSR count). The number of carbonyl (C=O) groups excluding carboxylic acids is 2. The van der Waals surface area contributed by atoms with Crippen LogP contribution in [0, 0.1) is 12.8 Å². The minimum Gasteiger partial charge on any atom is -0.354 e. The molecule has 0 saturated heterocycles. The number of aryl methyl sites for hydroxylation is 2. The smallest absolute Gasteiger partial charge is 0.242 e. The molecule has 1 atom stereocenters. The Morgan fingerprint density at radius 3 is 2.18 bits per heavy atom. The second kappa shape index (κ2) is 10.6. The van der Waals surface area contributed by atoms with Crippen molar-refractivity contribution in [2.45, 2.75) is 53.1 Å². The molecule has 0 spiro atoms. The molecule has 1 N–H and O–H groups in total. The maximum atomic E-state index is 13.0. The van der Waals surface area contributed by atoms with E-state index in [0.29, 0.717) is 31.8 Å². The van der Waals surface area contributed by atoms with Gasteiger partial charge >= 0.3 is 0 Å². The summed E-state index contributed by atoms with van der Waals surface area (Å²) in [5.74, 6) is 0.265. The molecular weight excluding hydrogens is 348 g/mol. The van der Waals surface area contributed by atoms with Crippen molar-refractivity contribution in [2.24, 2.45) is 5.92 Å². The van der Waals surface area contributed by atoms with Crippen LogP contribution < -0.4 is 5.32 Å². The maximum absolute atomic E-state index is 13.0. The zero-order chi connectivity index (χ0) is 20.5. The summed E-state index contributed by atoms with van der Waals surface area (Å²) >= 11 is 0. The fourth-order valence-electron chi connectivity index (χ4n) is 2.96. The number of rotatable bonds is 9. The average Bonchev–Trinajstić information content (AvgIpc) is 2.69. The number of amides is 2. The van der Waals surface area contributed by atoms with Crippen molar-refractivity contribution in [1.82, 2.24) is 10.2 Å². The van der Waals surface area contributed by atoms with Gasteiger partial charge in [0.25, 0.3) is 0 Å². The Kier molecular flexibility index (Phi) is 8.24. The van der Waals surface area contributed by atoms with Gasteiger partial charge < -0.3 is 10.2 Å². The quantitative estimate of drug-likeness (QED) is 0.711. The van der Waals surface area contributed by atoms with Gasteiger partial charge in [-0.25, -0.2) is 0 Å². The predicted molar refractivity (Wildman–Crippen MR) is 114 cm³/mol. The number of nitrogens with one attached hydrogen (secondary N) is 1. The van der Waals surface area contributed by atoms with Crippen molar-refractivity contribution in [3.05, 3.63) is 71.3 Å². The van der Waals surface area contributed by atoms with Crippen molar-refractivity contribution in [3.63, 3.8) is 0 Å². The van der Waals surface area contributed by atoms with Gasteiger partial charge in [0.15, 0.2) is 0 Å². The van der Waals surface area contributed by atoms with E-state index in [9.17, 15) is 9.59 Å². The number of hydrogen-bond donors (Lipinski definition) is 1. The Morgan fingerprint density at radius 2 is 1.57 bits per heavy atom. The van der Waals surface area contributed by atoms with Crippen LogP contribution in [-0.2, 0) is 22.6 Å². The molecule has 4 heteroatoms. The van der Waals surface area contributed by atoms with E-state index in [1.54, 1.807) is 4.90 Å². The van der Waals surface area contributed by atoms with Crippen LogP contribution >= 0.6 is 0 Å². The average molecular weight is 381 g/mol. The zero-order valence-corrected chi connectivity index (χ0v) is 17.4. The fraction of sp³-hybridized carbons (Fsp3) is 0.417. The highest BCUT2D eigenvalue weighted by atomic mass is 16.2. The Morgan fingerprint density at radius 1 is 0.929 bits per heavy atom. The summed E-state index contributed by atoms with van der Waals surface area (Å²) in [7, 11) is 0. The normalized spacial score (nSPS) is 11.9. The van der Waals surface area contributed by atoms with E-state index in [4.69, 9.17) is 0 Å². The molecule has 0 bridgehead atoms. The predicted octanol–water partition coefficient (Wildman–Crippen LogP) is 4.12. The van der Waals surface area contributed by atoms with Crippen LogP contribution in [0.15, 0.2) is 54.6 Å². The molecule has 1 unspecified atom stereocenters. The van der Waals surface area contributed by atoms with Crippen LogP contribution in [0.5, 0.6) is 0 Å². The van der Waals surface area contributed by atoms with Gasteiger partial charge in [-0.1, -0.05) is 74.0 Å². The SMILES string of the molecule is Cc1ccc(CCC(=O)N(Cc2ccccc2)C(C)C(=O)NCC(C)C)cc1. The van der Waals surface area contributed by atoms with Crippen molar-refractivity contribution >= 4 is 11.8 Å². The molecule has 28 heavy (non-hydrogen) atoms. The maximum Gasteiger partial charge on any atom is 0.242 e. The first-order chi connectivity index (χ1) is 13.4. The molecule has 2 aromatic carbocycles. The largest absolute Gasteiger partial charge is 0.354 e. The van der Waals surface area contributed by atoms with Gasteiger partial charge in [-0.15, -0.1) is 0 Å². The number of nitrogens with zero attached hydrogens (tertiary/aromatic N) is 1. The van der Waals surface area contributed by atoms with Crippen molar-refractivity contribution in [2.75, 3.05) is 6.54 Å². The number of carbonyl (C=O) groups is 2. The number of hydrogen-bond acceptors (Lipinski definition) is 2.